The lowest BCUT2D eigenvalue weighted by Gasteiger charge is -2.22. The van der Waals surface area contributed by atoms with Crippen LogP contribution in [0.2, 0.25) is 0 Å². The molecule has 0 rings (SSSR count). The molecule has 0 saturated carbocycles. The number of hydrogen-bond donors (Lipinski definition) is 1. The van der Waals surface area contributed by atoms with Crippen molar-refractivity contribution in [3.8, 4) is 0 Å². The maximum Gasteiger partial charge on any atom is 0.224 e. The average molecular weight is 266 g/mol. The molecule has 0 unspecified atom stereocenters. The minimum absolute atomic E-state index is 0.105. The van der Waals surface area contributed by atoms with Crippen LogP contribution < -0.4 is 0 Å². The van der Waals surface area contributed by atoms with Crippen molar-refractivity contribution in [2.24, 2.45) is 0 Å². The number of hydrogen-bond acceptors (Lipinski definition) is 3. The van der Waals surface area contributed by atoms with Gasteiger partial charge in [-0.1, -0.05) is 18.5 Å². The molecule has 0 aliphatic carbocycles. The number of aliphatic hydroxyl groups excluding tert-OH is 1. The first kappa shape index (κ1) is 11.7. The summed E-state index contributed by atoms with van der Waals surface area (Å²) in [4.78, 5) is 0. The Hall–Kier alpha value is 0.680. The molecule has 0 radical (unpaired) electrons. The zero-order chi connectivity index (χ0) is 9.28. The fourth-order valence-electron chi connectivity index (χ4n) is 0.452. The van der Waals surface area contributed by atoms with Crippen LogP contribution in [-0.2, 0) is 9.84 Å². The molecule has 0 aliphatic heterocycles. The van der Waals surface area contributed by atoms with Gasteiger partial charge in [-0.05, 0) is 22.9 Å². The maximum absolute atomic E-state index is 11.1. The first-order valence-electron chi connectivity index (χ1n) is 3.04. The van der Waals surface area contributed by atoms with Gasteiger partial charge in [0.2, 0.25) is 3.12 Å². The van der Waals surface area contributed by atoms with Crippen molar-refractivity contribution in [3.63, 3.8) is 0 Å². The van der Waals surface area contributed by atoms with E-state index < -0.39 is 19.1 Å². The molecule has 0 aromatic rings. The highest BCUT2D eigenvalue weighted by Gasteiger charge is 2.42. The van der Waals surface area contributed by atoms with E-state index in [1.807, 2.05) is 0 Å². The first-order valence-corrected chi connectivity index (χ1v) is 5.86. The lowest BCUT2D eigenvalue weighted by atomic mass is 10.5. The van der Waals surface area contributed by atoms with Crippen molar-refractivity contribution in [1.29, 1.82) is 0 Å². The van der Waals surface area contributed by atoms with Crippen LogP contribution in [0.1, 0.15) is 13.8 Å². The van der Waals surface area contributed by atoms with Crippen molar-refractivity contribution < 1.29 is 13.5 Å². The second-order valence-electron chi connectivity index (χ2n) is 2.14. The summed E-state index contributed by atoms with van der Waals surface area (Å²) in [7, 11) is -3.46. The van der Waals surface area contributed by atoms with Gasteiger partial charge in [-0.25, -0.2) is 8.42 Å². The molecule has 3 nitrogen and oxygen atoms in total. The second kappa shape index (κ2) is 3.60. The fraction of sp³-hybridized carbons (Fsp3) is 1.00. The lowest BCUT2D eigenvalue weighted by molar-refractivity contribution is 0.202. The summed E-state index contributed by atoms with van der Waals surface area (Å²) >= 11 is 8.30. The van der Waals surface area contributed by atoms with Gasteiger partial charge in [-0.15, -0.1) is 0 Å². The number of alkyl halides is 2. The molecule has 0 aliphatic rings. The van der Waals surface area contributed by atoms with Gasteiger partial charge in [0, 0.05) is 0 Å². The Morgan fingerprint density at radius 1 is 1.73 bits per heavy atom. The van der Waals surface area contributed by atoms with E-state index in [9.17, 15) is 8.42 Å². The molecule has 0 heterocycles. The van der Waals surface area contributed by atoms with E-state index >= 15 is 0 Å². The molecule has 0 aromatic heterocycles. The molecule has 11 heavy (non-hydrogen) atoms. The van der Waals surface area contributed by atoms with E-state index in [-0.39, 0.29) is 5.75 Å². The number of rotatable bonds is 3. The molecule has 6 heteroatoms. The monoisotopic (exact) mass is 264 g/mol. The minimum Gasteiger partial charge on any atom is -0.390 e. The van der Waals surface area contributed by atoms with Gasteiger partial charge in [-0.2, -0.15) is 0 Å². The molecule has 0 saturated heterocycles. The van der Waals surface area contributed by atoms with E-state index in [1.54, 1.807) is 0 Å². The average Bonchev–Trinajstić information content (AvgIpc) is 1.87. The number of sulfone groups is 1. The van der Waals surface area contributed by atoms with Crippen LogP contribution in [0.4, 0.5) is 0 Å². The molecule has 0 bridgehead atoms. The largest absolute Gasteiger partial charge is 0.390 e. The van der Waals surface area contributed by atoms with E-state index in [4.69, 9.17) is 16.7 Å². The predicted molar refractivity (Wildman–Crippen MR) is 48.7 cm³/mol. The summed E-state index contributed by atoms with van der Waals surface area (Å²) in [6.45, 7) is 2.78. The van der Waals surface area contributed by atoms with E-state index in [0.29, 0.717) is 0 Å². The van der Waals surface area contributed by atoms with Crippen LogP contribution in [0.25, 0.3) is 0 Å². The van der Waals surface area contributed by atoms with Gasteiger partial charge < -0.3 is 5.11 Å². The van der Waals surface area contributed by atoms with Crippen molar-refractivity contribution >= 4 is 37.4 Å². The van der Waals surface area contributed by atoms with E-state index in [2.05, 4.69) is 15.9 Å². The Labute approximate surface area is 79.8 Å². The van der Waals surface area contributed by atoms with Gasteiger partial charge in [0.05, 0.1) is 11.9 Å². The number of halogens is 2. The molecule has 0 spiro atoms. The van der Waals surface area contributed by atoms with Gasteiger partial charge in [0.15, 0.2) is 9.84 Å². The second-order valence-corrected chi connectivity index (χ2v) is 7.64. The Balaban J connectivity index is 4.85. The summed E-state index contributed by atoms with van der Waals surface area (Å²) in [5.41, 5.74) is 0. The zero-order valence-corrected chi connectivity index (χ0v) is 9.37. The van der Waals surface area contributed by atoms with Crippen molar-refractivity contribution in [2.45, 2.75) is 23.1 Å². The fourth-order valence-corrected chi connectivity index (χ4v) is 2.37. The highest BCUT2D eigenvalue weighted by Crippen LogP contribution is 2.34. The maximum atomic E-state index is 11.1. The van der Waals surface area contributed by atoms with Gasteiger partial charge >= 0.3 is 0 Å². The summed E-state index contributed by atoms with van der Waals surface area (Å²) < 4.78 is 20.5. The van der Waals surface area contributed by atoms with Gasteiger partial charge in [0.25, 0.3) is 0 Å². The van der Waals surface area contributed by atoms with Crippen molar-refractivity contribution in [1.82, 2.24) is 0 Å². The normalized spacial score (nSPS) is 20.8. The number of aliphatic hydroxyl groups is 1. The Kier molecular flexibility index (Phi) is 3.82. The Bertz CT molecular complexity index is 222. The molecule has 0 aromatic carbocycles. The van der Waals surface area contributed by atoms with Crippen LogP contribution in [0.5, 0.6) is 0 Å². The smallest absolute Gasteiger partial charge is 0.224 e. The SMILES string of the molecule is CCS(=O)(=O)[C@](Cl)(Br)[C@H](C)O. The zero-order valence-electron chi connectivity index (χ0n) is 6.21. The Morgan fingerprint density at radius 2 is 2.09 bits per heavy atom. The third-order valence-corrected chi connectivity index (χ3v) is 6.38. The highest BCUT2D eigenvalue weighted by molar-refractivity contribution is 9.12. The Morgan fingerprint density at radius 3 is 2.18 bits per heavy atom. The summed E-state index contributed by atoms with van der Waals surface area (Å²) in [6.07, 6.45) is -1.14. The third-order valence-electron chi connectivity index (χ3n) is 1.28. The molecule has 68 valence electrons. The van der Waals surface area contributed by atoms with Crippen LogP contribution in [0.3, 0.4) is 0 Å². The van der Waals surface area contributed by atoms with Crippen LogP contribution in [-0.4, -0.2) is 28.5 Å². The molecule has 0 fully saturated rings. The topological polar surface area (TPSA) is 54.4 Å². The van der Waals surface area contributed by atoms with E-state index in [0.717, 1.165) is 0 Å². The summed E-state index contributed by atoms with van der Waals surface area (Å²) in [5, 5.41) is 8.99. The van der Waals surface area contributed by atoms with Gasteiger partial charge in [0.1, 0.15) is 0 Å². The van der Waals surface area contributed by atoms with E-state index in [1.165, 1.54) is 13.8 Å². The summed E-state index contributed by atoms with van der Waals surface area (Å²) in [6, 6.07) is 0. The predicted octanol–water partition coefficient (Wildman–Crippen LogP) is 1.09. The van der Waals surface area contributed by atoms with Crippen molar-refractivity contribution in [3.05, 3.63) is 0 Å². The quantitative estimate of drug-likeness (QED) is 0.777. The molecule has 0 amide bonds. The molecule has 2 atom stereocenters. The lowest BCUT2D eigenvalue weighted by Crippen LogP contribution is -2.37. The van der Waals surface area contributed by atoms with Crippen LogP contribution >= 0.6 is 27.5 Å². The van der Waals surface area contributed by atoms with Crippen molar-refractivity contribution in [2.75, 3.05) is 5.75 Å². The highest BCUT2D eigenvalue weighted by atomic mass is 79.9. The first-order chi connectivity index (χ1) is 4.75. The summed E-state index contributed by atoms with van der Waals surface area (Å²) in [5.74, 6) is -0.105. The third kappa shape index (κ3) is 2.31. The molecule has 1 N–H and O–H groups in total. The van der Waals surface area contributed by atoms with Crippen LogP contribution in [0.15, 0.2) is 0 Å². The molecular formula is C5H10BrClO3S. The molecular weight excluding hydrogens is 255 g/mol. The van der Waals surface area contributed by atoms with Gasteiger partial charge in [-0.3, -0.25) is 0 Å². The minimum atomic E-state index is -3.46. The van der Waals surface area contributed by atoms with Crippen LogP contribution in [0, 0.1) is 0 Å². The standard InChI is InChI=1S/C5H10BrClO3S/c1-3-11(9,10)5(6,7)4(2)8/h4,8H,3H2,1-2H3/t4-,5-/m0/s1.